The van der Waals surface area contributed by atoms with Gasteiger partial charge in [0, 0.05) is 16.2 Å². The number of halogens is 2. The molecule has 224 valence electrons. The lowest BCUT2D eigenvalue weighted by Gasteiger charge is -2.24. The molecule has 1 atom stereocenters. The van der Waals surface area contributed by atoms with Gasteiger partial charge in [-0.05, 0) is 63.5 Å². The van der Waals surface area contributed by atoms with Crippen molar-refractivity contribution in [3.63, 3.8) is 0 Å². The summed E-state index contributed by atoms with van der Waals surface area (Å²) >= 11 is 11.8. The first-order valence-electron chi connectivity index (χ1n) is 12.8. The molecule has 0 fully saturated rings. The fraction of sp³-hybridized carbons (Fsp3) is 0.133. The third-order valence-corrected chi connectivity index (χ3v) is 9.85. The maximum absolute atomic E-state index is 14.1. The van der Waals surface area contributed by atoms with Crippen LogP contribution in [0.3, 0.4) is 0 Å². The van der Waals surface area contributed by atoms with E-state index in [2.05, 4.69) is 26.1 Å². The first-order valence-corrected chi connectivity index (χ1v) is 15.8. The predicted octanol–water partition coefficient (Wildman–Crippen LogP) is 7.50. The molecule has 0 aliphatic carbocycles. The number of Topliss-reactive ketones (excluding diaryl/α,β-unsaturated/α-hetero) is 1. The number of aliphatic hydroxyl groups excluding tert-OH is 1. The van der Waals surface area contributed by atoms with Crippen LogP contribution in [0.1, 0.15) is 27.7 Å². The number of rotatable bonds is 9. The number of hydrogen-bond acceptors (Lipinski definition) is 11. The monoisotopic (exact) mass is 713 g/mol. The summed E-state index contributed by atoms with van der Waals surface area (Å²) in [4.78, 5) is 28.9. The van der Waals surface area contributed by atoms with Crippen molar-refractivity contribution in [2.45, 2.75) is 16.1 Å². The summed E-state index contributed by atoms with van der Waals surface area (Å²) in [6.45, 7) is 0. The minimum Gasteiger partial charge on any atom is -0.503 e. The molecule has 1 amide bonds. The van der Waals surface area contributed by atoms with Crippen LogP contribution in [0, 0.1) is 0 Å². The maximum Gasteiger partial charge on any atom is 0.296 e. The second-order valence-corrected chi connectivity index (χ2v) is 12.9. The summed E-state index contributed by atoms with van der Waals surface area (Å²) in [6.07, 6.45) is 0. The van der Waals surface area contributed by atoms with Gasteiger partial charge in [-0.3, -0.25) is 14.5 Å². The Labute approximate surface area is 272 Å². The van der Waals surface area contributed by atoms with Crippen molar-refractivity contribution in [2.24, 2.45) is 0 Å². The number of phenolic OH excluding ortho intramolecular Hbond substituents is 1. The molecule has 0 saturated carbocycles. The van der Waals surface area contributed by atoms with Gasteiger partial charge in [0.1, 0.15) is 0 Å². The molecule has 3 aromatic carbocycles. The number of anilines is 1. The number of hydrogen-bond donors (Lipinski definition) is 2. The molecule has 1 unspecified atom stereocenters. The van der Waals surface area contributed by atoms with Crippen molar-refractivity contribution in [1.82, 2.24) is 10.2 Å². The Morgan fingerprint density at radius 1 is 1.09 bits per heavy atom. The van der Waals surface area contributed by atoms with E-state index in [0.29, 0.717) is 37.4 Å². The van der Waals surface area contributed by atoms with E-state index < -0.39 is 23.5 Å². The molecule has 10 nitrogen and oxygen atoms in total. The Balaban J connectivity index is 1.41. The molecule has 1 aliphatic rings. The number of methoxy groups -OCH3 is 2. The number of para-hydroxylation sites is 1. The topological polar surface area (TPSA) is 135 Å². The van der Waals surface area contributed by atoms with Crippen LogP contribution in [0.5, 0.6) is 17.2 Å². The van der Waals surface area contributed by atoms with Gasteiger partial charge in [0.15, 0.2) is 38.7 Å². The Kier molecular flexibility index (Phi) is 8.29. The summed E-state index contributed by atoms with van der Waals surface area (Å²) in [5.41, 5.74) is 1.48. The van der Waals surface area contributed by atoms with Gasteiger partial charge < -0.3 is 24.1 Å². The number of phenols is 1. The molecule has 0 radical (unpaired) electrons. The molecule has 2 aromatic heterocycles. The van der Waals surface area contributed by atoms with E-state index in [1.807, 2.05) is 12.1 Å². The Morgan fingerprint density at radius 2 is 1.84 bits per heavy atom. The van der Waals surface area contributed by atoms with E-state index in [1.54, 1.807) is 30.3 Å². The molecule has 6 rings (SSSR count). The fourth-order valence-corrected chi connectivity index (χ4v) is 7.19. The number of aliphatic hydroxyl groups is 1. The minimum absolute atomic E-state index is 0.0879. The van der Waals surface area contributed by atoms with Crippen LogP contribution < -0.4 is 14.4 Å². The molecule has 0 saturated heterocycles. The highest BCUT2D eigenvalue weighted by Crippen LogP contribution is 2.47. The molecule has 0 bridgehead atoms. The van der Waals surface area contributed by atoms with Crippen LogP contribution in [0.15, 0.2) is 85.2 Å². The van der Waals surface area contributed by atoms with Crippen molar-refractivity contribution in [2.75, 3.05) is 19.1 Å². The Bertz CT molecular complexity index is 1960. The van der Waals surface area contributed by atoms with E-state index in [4.69, 9.17) is 25.5 Å². The lowest BCUT2D eigenvalue weighted by atomic mass is 9.95. The minimum atomic E-state index is -1.17. The number of fused-ring (bicyclic) bond motifs is 1. The first-order chi connectivity index (χ1) is 21.2. The zero-order valence-electron chi connectivity index (χ0n) is 22.9. The van der Waals surface area contributed by atoms with Gasteiger partial charge in [0.2, 0.25) is 10.9 Å². The van der Waals surface area contributed by atoms with Crippen LogP contribution >= 0.6 is 50.6 Å². The largest absolute Gasteiger partial charge is 0.503 e. The number of thioether (sulfide) groups is 1. The van der Waals surface area contributed by atoms with Gasteiger partial charge in [-0.25, -0.2) is 0 Å². The second-order valence-electron chi connectivity index (χ2n) is 9.48. The normalized spacial score (nSPS) is 15.0. The van der Waals surface area contributed by atoms with E-state index in [1.165, 1.54) is 49.1 Å². The van der Waals surface area contributed by atoms with Crippen LogP contribution in [0.2, 0.25) is 5.02 Å². The number of aromatic hydroxyl groups is 1. The highest BCUT2D eigenvalue weighted by atomic mass is 79.9. The fourth-order valence-electron chi connectivity index (χ4n) is 4.78. The zero-order chi connectivity index (χ0) is 31.1. The molecule has 44 heavy (non-hydrogen) atoms. The van der Waals surface area contributed by atoms with Crippen molar-refractivity contribution < 1.29 is 33.7 Å². The summed E-state index contributed by atoms with van der Waals surface area (Å²) < 4.78 is 17.4. The molecular formula is C30H21BrClN3O7S2. The van der Waals surface area contributed by atoms with Gasteiger partial charge in [-0.2, -0.15) is 0 Å². The van der Waals surface area contributed by atoms with Gasteiger partial charge in [-0.1, -0.05) is 59.0 Å². The number of carbonyl (C=O) groups is 2. The van der Waals surface area contributed by atoms with Crippen LogP contribution in [-0.4, -0.2) is 46.3 Å². The summed E-state index contributed by atoms with van der Waals surface area (Å²) in [5, 5.41) is 31.6. The number of amides is 1. The number of aromatic nitrogens is 2. The maximum atomic E-state index is 14.1. The van der Waals surface area contributed by atoms with Crippen molar-refractivity contribution in [1.29, 1.82) is 0 Å². The molecule has 5 aromatic rings. The van der Waals surface area contributed by atoms with E-state index in [-0.39, 0.29) is 32.4 Å². The highest BCUT2D eigenvalue weighted by molar-refractivity contribution is 9.10. The summed E-state index contributed by atoms with van der Waals surface area (Å²) in [5.74, 6) is -1.52. The van der Waals surface area contributed by atoms with Crippen molar-refractivity contribution >= 4 is 78.4 Å². The number of carbonyl (C=O) groups excluding carboxylic acids is 2. The predicted molar refractivity (Wildman–Crippen MR) is 170 cm³/mol. The average molecular weight is 715 g/mol. The van der Waals surface area contributed by atoms with Crippen LogP contribution in [0.25, 0.3) is 11.0 Å². The molecule has 2 N–H and O–H groups in total. The summed E-state index contributed by atoms with van der Waals surface area (Å²) in [7, 11) is 2.86. The number of benzene rings is 3. The zero-order valence-corrected chi connectivity index (χ0v) is 26.9. The van der Waals surface area contributed by atoms with Crippen molar-refractivity contribution in [3.05, 3.63) is 98.4 Å². The third-order valence-electron chi connectivity index (χ3n) is 6.87. The number of ketones is 1. The van der Waals surface area contributed by atoms with E-state index in [0.717, 1.165) is 16.9 Å². The van der Waals surface area contributed by atoms with Gasteiger partial charge in [0.05, 0.1) is 30.3 Å². The molecule has 3 heterocycles. The molecule has 14 heteroatoms. The van der Waals surface area contributed by atoms with Gasteiger partial charge in [0.25, 0.3) is 5.91 Å². The van der Waals surface area contributed by atoms with Gasteiger partial charge >= 0.3 is 0 Å². The quantitative estimate of drug-likeness (QED) is 0.0898. The number of ether oxygens (including phenoxy) is 2. The number of nitrogens with zero attached hydrogens (tertiary/aromatic N) is 3. The van der Waals surface area contributed by atoms with Crippen LogP contribution in [-0.2, 0) is 10.5 Å². The lowest BCUT2D eigenvalue weighted by Crippen LogP contribution is -2.31. The van der Waals surface area contributed by atoms with Crippen LogP contribution in [0.4, 0.5) is 5.13 Å². The SMILES string of the molecule is COc1cc(C2C(C(=O)c3cc4cccc(OC)c4o3)=C(O)C(=O)N2c2nnc(SCc3ccc(Cl)cc3)s2)cc(Br)c1O. The average Bonchev–Trinajstić information content (AvgIpc) is 3.74. The first kappa shape index (κ1) is 30.0. The standard InChI is InChI=1S/C30H21BrClN3O7S2/c1-40-19-5-3-4-15-11-21(42-27(15)19)25(37)22-23(16-10-18(31)24(36)20(12-16)41-2)35(28(39)26(22)38)29-33-34-30(44-29)43-13-14-6-8-17(32)9-7-14/h3-12,23,36,38H,13H2,1-2H3. The molecular weight excluding hydrogens is 694 g/mol. The second kappa shape index (κ2) is 12.2. The lowest BCUT2D eigenvalue weighted by molar-refractivity contribution is -0.117. The van der Waals surface area contributed by atoms with Crippen molar-refractivity contribution in [3.8, 4) is 17.2 Å². The smallest absolute Gasteiger partial charge is 0.296 e. The Hall–Kier alpha value is -4.04. The Morgan fingerprint density at radius 3 is 2.57 bits per heavy atom. The van der Waals surface area contributed by atoms with E-state index >= 15 is 0 Å². The third kappa shape index (κ3) is 5.40. The summed E-state index contributed by atoms with van der Waals surface area (Å²) in [6, 6.07) is 16.0. The highest BCUT2D eigenvalue weighted by Gasteiger charge is 2.47. The molecule has 0 spiro atoms. The van der Waals surface area contributed by atoms with E-state index in [9.17, 15) is 19.8 Å². The molecule has 1 aliphatic heterocycles. The number of furan rings is 1. The van der Waals surface area contributed by atoms with Gasteiger partial charge in [-0.15, -0.1) is 10.2 Å².